The molecule has 0 aromatic heterocycles. The maximum absolute atomic E-state index is 6.29. The first-order valence-electron chi connectivity index (χ1n) is 5.23. The fourth-order valence-electron chi connectivity index (χ4n) is 1.96. The van der Waals surface area contributed by atoms with E-state index >= 15 is 0 Å². The van der Waals surface area contributed by atoms with Crippen molar-refractivity contribution >= 4 is 50.1 Å². The van der Waals surface area contributed by atoms with Crippen LogP contribution in [0, 0.1) is 17.4 Å². The Morgan fingerprint density at radius 2 is 1.65 bits per heavy atom. The number of halogens is 3. The first kappa shape index (κ1) is 13.4. The molecule has 0 bridgehead atoms. The molecule has 0 aliphatic rings. The molecule has 0 unspecified atom stereocenters. The van der Waals surface area contributed by atoms with Gasteiger partial charge in [-0.2, -0.15) is 0 Å². The summed E-state index contributed by atoms with van der Waals surface area (Å²) in [5.74, 6) is 0. The van der Waals surface area contributed by atoms with Gasteiger partial charge in [0.05, 0.1) is 5.02 Å². The minimum Gasteiger partial charge on any atom is -0.0819 e. The van der Waals surface area contributed by atoms with Crippen molar-refractivity contribution in [1.82, 2.24) is 0 Å². The summed E-state index contributed by atoms with van der Waals surface area (Å²) in [7, 11) is 0. The predicted octanol–water partition coefficient (Wildman–Crippen LogP) is 5.99. The van der Waals surface area contributed by atoms with Crippen LogP contribution in [0.2, 0.25) is 5.02 Å². The van der Waals surface area contributed by atoms with Crippen LogP contribution < -0.4 is 0 Å². The van der Waals surface area contributed by atoms with Gasteiger partial charge in [0, 0.05) is 8.04 Å². The molecule has 0 atom stereocenters. The van der Waals surface area contributed by atoms with Crippen molar-refractivity contribution in [3.05, 3.63) is 54.5 Å². The van der Waals surface area contributed by atoms with E-state index in [2.05, 4.69) is 76.6 Å². The summed E-state index contributed by atoms with van der Waals surface area (Å²) in [5, 5.41) is 0.806. The molecule has 0 fully saturated rings. The van der Waals surface area contributed by atoms with E-state index in [1.165, 1.54) is 22.3 Å². The van der Waals surface area contributed by atoms with Crippen molar-refractivity contribution in [2.24, 2.45) is 0 Å². The van der Waals surface area contributed by atoms with Crippen molar-refractivity contribution in [3.63, 3.8) is 0 Å². The zero-order valence-electron chi connectivity index (χ0n) is 9.52. The lowest BCUT2D eigenvalue weighted by Gasteiger charge is -2.15. The molecular weight excluding hydrogens is 410 g/mol. The highest BCUT2D eigenvalue weighted by atomic mass is 127. The smallest absolute Gasteiger partial charge is 0.0687 e. The van der Waals surface area contributed by atoms with Crippen molar-refractivity contribution in [2.45, 2.75) is 13.8 Å². The molecule has 0 aliphatic carbocycles. The van der Waals surface area contributed by atoms with Crippen LogP contribution >= 0.6 is 50.1 Å². The summed E-state index contributed by atoms with van der Waals surface area (Å²) in [4.78, 5) is 0. The highest BCUT2D eigenvalue weighted by molar-refractivity contribution is 14.1. The largest absolute Gasteiger partial charge is 0.0819 e. The molecule has 0 aliphatic heterocycles. The third-order valence-corrected chi connectivity index (χ3v) is 6.12. The van der Waals surface area contributed by atoms with Gasteiger partial charge in [0.1, 0.15) is 0 Å². The van der Waals surface area contributed by atoms with Gasteiger partial charge in [-0.15, -0.1) is 0 Å². The Labute approximate surface area is 129 Å². The van der Waals surface area contributed by atoms with Gasteiger partial charge in [0.2, 0.25) is 0 Å². The van der Waals surface area contributed by atoms with E-state index < -0.39 is 0 Å². The maximum atomic E-state index is 6.29. The van der Waals surface area contributed by atoms with Gasteiger partial charge < -0.3 is 0 Å². The highest BCUT2D eigenvalue weighted by Crippen LogP contribution is 2.40. The van der Waals surface area contributed by atoms with Crippen molar-refractivity contribution in [3.8, 4) is 11.1 Å². The van der Waals surface area contributed by atoms with Crippen LogP contribution in [0.5, 0.6) is 0 Å². The van der Waals surface area contributed by atoms with Gasteiger partial charge in [-0.3, -0.25) is 0 Å². The van der Waals surface area contributed by atoms with Crippen LogP contribution in [0.15, 0.2) is 34.8 Å². The van der Waals surface area contributed by atoms with E-state index in [1.54, 1.807) is 0 Å². The molecule has 2 rings (SSSR count). The second-order valence-corrected chi connectivity index (χ2v) is 6.18. The molecule has 0 amide bonds. The van der Waals surface area contributed by atoms with Crippen LogP contribution in [0.3, 0.4) is 0 Å². The summed E-state index contributed by atoms with van der Waals surface area (Å²) >= 11 is 12.2. The van der Waals surface area contributed by atoms with E-state index in [0.717, 1.165) is 13.1 Å². The lowest BCUT2D eigenvalue weighted by molar-refractivity contribution is 1.33. The third-order valence-electron chi connectivity index (χ3n) is 2.86. The topological polar surface area (TPSA) is 0 Å². The minimum atomic E-state index is 0.806. The molecule has 2 aromatic rings. The summed E-state index contributed by atoms with van der Waals surface area (Å²) in [6.45, 7) is 4.22. The fourth-order valence-corrected chi connectivity index (χ4v) is 3.55. The molecule has 0 spiro atoms. The Hall–Kier alpha value is -0.0600. The van der Waals surface area contributed by atoms with E-state index in [0.29, 0.717) is 0 Å². The molecule has 0 N–H and O–H groups in total. The Kier molecular flexibility index (Phi) is 4.16. The second kappa shape index (κ2) is 5.29. The molecule has 88 valence electrons. The fraction of sp³-hybridized carbons (Fsp3) is 0.143. The first-order chi connectivity index (χ1) is 8.04. The molecule has 2 aromatic carbocycles. The lowest BCUT2D eigenvalue weighted by Crippen LogP contribution is -1.94. The monoisotopic (exact) mass is 420 g/mol. The molecule has 0 heterocycles. The van der Waals surface area contributed by atoms with Gasteiger partial charge in [0.15, 0.2) is 0 Å². The first-order valence-corrected chi connectivity index (χ1v) is 7.48. The Morgan fingerprint density at radius 3 is 2.24 bits per heavy atom. The normalized spacial score (nSPS) is 10.6. The zero-order chi connectivity index (χ0) is 12.6. The van der Waals surface area contributed by atoms with Crippen LogP contribution in [-0.4, -0.2) is 0 Å². The van der Waals surface area contributed by atoms with Crippen LogP contribution in [0.4, 0.5) is 0 Å². The third kappa shape index (κ3) is 2.40. The number of rotatable bonds is 1. The van der Waals surface area contributed by atoms with Crippen molar-refractivity contribution in [1.29, 1.82) is 0 Å². The summed E-state index contributed by atoms with van der Waals surface area (Å²) < 4.78 is 2.11. The second-order valence-electron chi connectivity index (χ2n) is 3.93. The minimum absolute atomic E-state index is 0.806. The van der Waals surface area contributed by atoms with Gasteiger partial charge in [-0.05, 0) is 74.6 Å². The Morgan fingerprint density at radius 1 is 1.06 bits per heavy atom. The van der Waals surface area contributed by atoms with E-state index in [4.69, 9.17) is 11.6 Å². The average molecular weight is 422 g/mol. The number of hydrogen-bond acceptors (Lipinski definition) is 0. The highest BCUT2D eigenvalue weighted by Gasteiger charge is 2.16. The molecular formula is C14H11BrClI. The Bertz CT molecular complexity index is 535. The molecule has 17 heavy (non-hydrogen) atoms. The van der Waals surface area contributed by atoms with Crippen molar-refractivity contribution < 1.29 is 0 Å². The van der Waals surface area contributed by atoms with Crippen LogP contribution in [0.25, 0.3) is 11.1 Å². The summed E-state index contributed by atoms with van der Waals surface area (Å²) in [6, 6.07) is 10.4. The molecule has 0 saturated carbocycles. The van der Waals surface area contributed by atoms with Gasteiger partial charge >= 0.3 is 0 Å². The maximum Gasteiger partial charge on any atom is 0.0687 e. The standard InChI is InChI=1S/C14H11BrClI/c1-8-11(10-6-4-3-5-7-10)9(2)14(17)13(16)12(8)15/h3-7H,1-2H3. The molecule has 0 nitrogen and oxygen atoms in total. The predicted molar refractivity (Wildman–Crippen MR) is 86.8 cm³/mol. The van der Waals surface area contributed by atoms with Crippen LogP contribution in [-0.2, 0) is 0 Å². The number of benzene rings is 2. The van der Waals surface area contributed by atoms with E-state index in [1.807, 2.05) is 6.07 Å². The molecule has 0 radical (unpaired) electrons. The van der Waals surface area contributed by atoms with Gasteiger partial charge in [-0.1, -0.05) is 41.9 Å². The molecule has 0 saturated heterocycles. The summed E-state index contributed by atoms with van der Waals surface area (Å²) in [5.41, 5.74) is 4.94. The quantitative estimate of drug-likeness (QED) is 0.392. The Balaban J connectivity index is 2.80. The van der Waals surface area contributed by atoms with E-state index in [-0.39, 0.29) is 0 Å². The molecule has 3 heteroatoms. The SMILES string of the molecule is Cc1c(Br)c(Cl)c(I)c(C)c1-c1ccccc1. The summed E-state index contributed by atoms with van der Waals surface area (Å²) in [6.07, 6.45) is 0. The lowest BCUT2D eigenvalue weighted by atomic mass is 9.96. The number of hydrogen-bond donors (Lipinski definition) is 0. The average Bonchev–Trinajstić information content (AvgIpc) is 2.36. The van der Waals surface area contributed by atoms with Crippen LogP contribution in [0.1, 0.15) is 11.1 Å². The van der Waals surface area contributed by atoms with Gasteiger partial charge in [-0.25, -0.2) is 0 Å². The van der Waals surface area contributed by atoms with Gasteiger partial charge in [0.25, 0.3) is 0 Å². The van der Waals surface area contributed by atoms with Crippen molar-refractivity contribution in [2.75, 3.05) is 0 Å². The zero-order valence-corrected chi connectivity index (χ0v) is 14.0. The van der Waals surface area contributed by atoms with E-state index in [9.17, 15) is 0 Å².